The van der Waals surface area contributed by atoms with Crippen LogP contribution in [0.3, 0.4) is 0 Å². The molecule has 0 aliphatic carbocycles. The van der Waals surface area contributed by atoms with Gasteiger partial charge in [-0.05, 0) is 32.0 Å². The van der Waals surface area contributed by atoms with Gasteiger partial charge >= 0.3 is 0 Å². The van der Waals surface area contributed by atoms with Crippen molar-refractivity contribution in [2.24, 2.45) is 5.92 Å². The maximum Gasteiger partial charge on any atom is 0.253 e. The molecule has 0 aliphatic rings. The Hall–Kier alpha value is -2.09. The quantitative estimate of drug-likeness (QED) is 0.830. The number of nitrogens with zero attached hydrogens (tertiary/aromatic N) is 2. The molecule has 0 heterocycles. The van der Waals surface area contributed by atoms with Gasteiger partial charge in [0.1, 0.15) is 5.82 Å². The predicted octanol–water partition coefficient (Wildman–Crippen LogP) is 2.03. The fourth-order valence-electron chi connectivity index (χ4n) is 1.57. The van der Waals surface area contributed by atoms with E-state index in [1.165, 1.54) is 17.0 Å². The van der Waals surface area contributed by atoms with Gasteiger partial charge < -0.3 is 10.6 Å². The van der Waals surface area contributed by atoms with Crippen molar-refractivity contribution in [3.8, 4) is 6.07 Å². The highest BCUT2D eigenvalue weighted by atomic mass is 19.1. The molecule has 0 fully saturated rings. The third-order valence-corrected chi connectivity index (χ3v) is 2.63. The van der Waals surface area contributed by atoms with E-state index in [1.54, 1.807) is 6.92 Å². The Kier molecular flexibility index (Phi) is 4.67. The van der Waals surface area contributed by atoms with Gasteiger partial charge in [-0.15, -0.1) is 0 Å². The molecule has 18 heavy (non-hydrogen) atoms. The van der Waals surface area contributed by atoms with Crippen LogP contribution in [0.2, 0.25) is 0 Å². The lowest BCUT2D eigenvalue weighted by Crippen LogP contribution is -2.34. The zero-order valence-electron chi connectivity index (χ0n) is 10.5. The number of carbonyl (C=O) groups excluding carboxylic acids is 1. The maximum atomic E-state index is 13.3. The fourth-order valence-corrected chi connectivity index (χ4v) is 1.57. The number of carbonyl (C=O) groups is 1. The molecule has 96 valence electrons. The van der Waals surface area contributed by atoms with Crippen LogP contribution in [0.4, 0.5) is 10.1 Å². The van der Waals surface area contributed by atoms with Crippen molar-refractivity contribution in [2.75, 3.05) is 18.8 Å². The molecule has 0 spiro atoms. The van der Waals surface area contributed by atoms with Gasteiger partial charge in [-0.2, -0.15) is 5.26 Å². The molecule has 5 heteroatoms. The van der Waals surface area contributed by atoms with E-state index < -0.39 is 5.82 Å². The lowest BCUT2D eigenvalue weighted by molar-refractivity contribution is 0.0752. The van der Waals surface area contributed by atoms with Crippen LogP contribution in [-0.2, 0) is 0 Å². The second-order valence-electron chi connectivity index (χ2n) is 4.11. The van der Waals surface area contributed by atoms with Gasteiger partial charge in [0.25, 0.3) is 5.91 Å². The van der Waals surface area contributed by atoms with E-state index in [2.05, 4.69) is 6.07 Å². The molecule has 1 aromatic rings. The first-order valence-corrected chi connectivity index (χ1v) is 5.73. The Labute approximate surface area is 106 Å². The molecule has 0 saturated carbocycles. The van der Waals surface area contributed by atoms with E-state index in [1.807, 2.05) is 6.92 Å². The van der Waals surface area contributed by atoms with Gasteiger partial charge in [-0.3, -0.25) is 4.79 Å². The van der Waals surface area contributed by atoms with Crippen LogP contribution in [0.15, 0.2) is 18.2 Å². The van der Waals surface area contributed by atoms with E-state index in [9.17, 15) is 9.18 Å². The van der Waals surface area contributed by atoms with Crippen LogP contribution >= 0.6 is 0 Å². The van der Waals surface area contributed by atoms with Crippen LogP contribution in [0, 0.1) is 23.1 Å². The molecule has 4 nitrogen and oxygen atoms in total. The standard InChI is InChI=1S/C13H16FN3O/c1-3-17(8-9(2)7-15)13(18)10-4-5-12(16)11(14)6-10/h4-6,9H,3,8,16H2,1-2H3. The lowest BCUT2D eigenvalue weighted by Gasteiger charge is -2.22. The number of amides is 1. The number of nitriles is 1. The van der Waals surface area contributed by atoms with Gasteiger partial charge in [0.15, 0.2) is 0 Å². The molecule has 2 N–H and O–H groups in total. The number of nitrogens with two attached hydrogens (primary N) is 1. The Morgan fingerprint density at radius 1 is 1.61 bits per heavy atom. The van der Waals surface area contributed by atoms with Crippen molar-refractivity contribution in [1.82, 2.24) is 4.90 Å². The number of rotatable bonds is 4. The molecular formula is C13H16FN3O. The zero-order valence-corrected chi connectivity index (χ0v) is 10.5. The first kappa shape index (κ1) is 14.0. The molecule has 0 bridgehead atoms. The minimum absolute atomic E-state index is 0.0139. The third-order valence-electron chi connectivity index (χ3n) is 2.63. The molecule has 1 amide bonds. The van der Waals surface area contributed by atoms with E-state index in [0.717, 1.165) is 6.07 Å². The Bertz CT molecular complexity index is 482. The summed E-state index contributed by atoms with van der Waals surface area (Å²) in [7, 11) is 0. The van der Waals surface area contributed by atoms with Crippen molar-refractivity contribution in [1.29, 1.82) is 5.26 Å². The molecule has 1 rings (SSSR count). The topological polar surface area (TPSA) is 70.1 Å². The van der Waals surface area contributed by atoms with Gasteiger partial charge in [0.05, 0.1) is 17.7 Å². The van der Waals surface area contributed by atoms with Crippen LogP contribution < -0.4 is 5.73 Å². The highest BCUT2D eigenvalue weighted by Gasteiger charge is 2.17. The summed E-state index contributed by atoms with van der Waals surface area (Å²) in [6, 6.07) is 6.04. The molecular weight excluding hydrogens is 233 g/mol. The third kappa shape index (κ3) is 3.20. The normalized spacial score (nSPS) is 11.7. The van der Waals surface area contributed by atoms with Crippen molar-refractivity contribution < 1.29 is 9.18 Å². The first-order chi connectivity index (χ1) is 8.49. The highest BCUT2D eigenvalue weighted by molar-refractivity contribution is 5.94. The van der Waals surface area contributed by atoms with Gasteiger partial charge in [0.2, 0.25) is 0 Å². The number of nitrogen functional groups attached to an aromatic ring is 1. The Morgan fingerprint density at radius 2 is 2.28 bits per heavy atom. The van der Waals surface area contributed by atoms with Crippen LogP contribution in [-0.4, -0.2) is 23.9 Å². The zero-order chi connectivity index (χ0) is 13.7. The summed E-state index contributed by atoms with van der Waals surface area (Å²) < 4.78 is 13.3. The van der Waals surface area contributed by atoms with Crippen molar-refractivity contribution >= 4 is 11.6 Å². The molecule has 0 saturated heterocycles. The number of anilines is 1. The van der Waals surface area contributed by atoms with E-state index in [-0.39, 0.29) is 23.1 Å². The van der Waals surface area contributed by atoms with Crippen LogP contribution in [0.1, 0.15) is 24.2 Å². The van der Waals surface area contributed by atoms with Gasteiger partial charge in [-0.25, -0.2) is 4.39 Å². The summed E-state index contributed by atoms with van der Waals surface area (Å²) in [4.78, 5) is 13.6. The van der Waals surface area contributed by atoms with E-state index in [0.29, 0.717) is 13.1 Å². The smallest absolute Gasteiger partial charge is 0.253 e. The summed E-state index contributed by atoms with van der Waals surface area (Å²) in [6.45, 7) is 4.35. The number of hydrogen-bond donors (Lipinski definition) is 1. The molecule has 0 aliphatic heterocycles. The van der Waals surface area contributed by atoms with E-state index in [4.69, 9.17) is 11.0 Å². The summed E-state index contributed by atoms with van der Waals surface area (Å²) in [5, 5.41) is 8.75. The van der Waals surface area contributed by atoms with Crippen molar-refractivity contribution in [3.05, 3.63) is 29.6 Å². The van der Waals surface area contributed by atoms with E-state index >= 15 is 0 Å². The average molecular weight is 249 g/mol. The van der Waals surface area contributed by atoms with Crippen molar-refractivity contribution in [2.45, 2.75) is 13.8 Å². The minimum atomic E-state index is -0.606. The van der Waals surface area contributed by atoms with Crippen LogP contribution in [0.25, 0.3) is 0 Å². The minimum Gasteiger partial charge on any atom is -0.396 e. The second kappa shape index (κ2) is 6.01. The summed E-state index contributed by atoms with van der Waals surface area (Å²) >= 11 is 0. The molecule has 0 radical (unpaired) electrons. The monoisotopic (exact) mass is 249 g/mol. The first-order valence-electron chi connectivity index (χ1n) is 5.73. The Morgan fingerprint density at radius 3 is 2.78 bits per heavy atom. The summed E-state index contributed by atoms with van der Waals surface area (Å²) in [6.07, 6.45) is 0. The predicted molar refractivity (Wildman–Crippen MR) is 67.2 cm³/mol. The lowest BCUT2D eigenvalue weighted by atomic mass is 10.1. The Balaban J connectivity index is 2.90. The SMILES string of the molecule is CCN(CC(C)C#N)C(=O)c1ccc(N)c(F)c1. The van der Waals surface area contributed by atoms with Crippen LogP contribution in [0.5, 0.6) is 0 Å². The molecule has 1 unspecified atom stereocenters. The fraction of sp³-hybridized carbons (Fsp3) is 0.385. The van der Waals surface area contributed by atoms with Gasteiger partial charge in [-0.1, -0.05) is 0 Å². The number of benzene rings is 1. The average Bonchev–Trinajstić information content (AvgIpc) is 2.38. The second-order valence-corrected chi connectivity index (χ2v) is 4.11. The highest BCUT2D eigenvalue weighted by Crippen LogP contribution is 2.14. The van der Waals surface area contributed by atoms with Crippen molar-refractivity contribution in [3.63, 3.8) is 0 Å². The largest absolute Gasteiger partial charge is 0.396 e. The van der Waals surface area contributed by atoms with Gasteiger partial charge in [0, 0.05) is 18.7 Å². The number of hydrogen-bond acceptors (Lipinski definition) is 3. The molecule has 1 aromatic carbocycles. The summed E-state index contributed by atoms with van der Waals surface area (Å²) in [5.41, 5.74) is 5.61. The summed E-state index contributed by atoms with van der Waals surface area (Å²) in [5.74, 6) is -1.16. The molecule has 1 atom stereocenters. The molecule has 0 aromatic heterocycles. The maximum absolute atomic E-state index is 13.3. The number of halogens is 1.